The molecule has 0 N–H and O–H groups in total. The molecule has 1 saturated carbocycles. The van der Waals surface area contributed by atoms with E-state index in [1.165, 1.54) is 0 Å². The zero-order valence-corrected chi connectivity index (χ0v) is 18.8. The predicted octanol–water partition coefficient (Wildman–Crippen LogP) is 6.16. The second-order valence-corrected chi connectivity index (χ2v) is 9.49. The number of aldehydes is 1. The zero-order chi connectivity index (χ0) is 23.3. The van der Waals surface area contributed by atoms with E-state index in [2.05, 4.69) is 4.98 Å². The van der Waals surface area contributed by atoms with Gasteiger partial charge in [-0.15, -0.1) is 0 Å². The van der Waals surface area contributed by atoms with Crippen molar-refractivity contribution in [2.75, 3.05) is 26.2 Å². The Labute approximate surface area is 193 Å². The third-order valence-corrected chi connectivity index (χ3v) is 7.23. The second kappa shape index (κ2) is 10.2. The Bertz CT molecular complexity index is 899. The molecule has 7 heteroatoms. The molecule has 0 spiro atoms. The highest BCUT2D eigenvalue weighted by atomic mass is 19.4. The molecule has 0 unspecified atom stereocenters. The van der Waals surface area contributed by atoms with Crippen molar-refractivity contribution in [1.82, 2.24) is 9.88 Å². The molecule has 2 aliphatic rings. The number of alkyl halides is 3. The third-order valence-electron chi connectivity index (χ3n) is 7.23. The maximum atomic E-state index is 13.8. The van der Waals surface area contributed by atoms with Crippen molar-refractivity contribution in [1.29, 1.82) is 0 Å². The number of ether oxygens (including phenoxy) is 1. The zero-order valence-electron chi connectivity index (χ0n) is 18.8. The Morgan fingerprint density at radius 2 is 1.67 bits per heavy atom. The number of pyridine rings is 1. The fourth-order valence-corrected chi connectivity index (χ4v) is 5.09. The summed E-state index contributed by atoms with van der Waals surface area (Å²) in [6.45, 7) is 2.05. The molecular weight excluding hydrogens is 429 g/mol. The normalized spacial score (nSPS) is 19.8. The minimum atomic E-state index is -4.12. The minimum absolute atomic E-state index is 0.140. The molecule has 0 radical (unpaired) electrons. The van der Waals surface area contributed by atoms with E-state index < -0.39 is 11.6 Å². The summed E-state index contributed by atoms with van der Waals surface area (Å²) in [4.78, 5) is 17.2. The van der Waals surface area contributed by atoms with Crippen LogP contribution in [0.2, 0.25) is 0 Å². The van der Waals surface area contributed by atoms with Crippen LogP contribution < -0.4 is 4.74 Å². The molecule has 4 nitrogen and oxygen atoms in total. The molecule has 2 aromatic rings. The fraction of sp³-hybridized carbons (Fsp3) is 0.538. The lowest BCUT2D eigenvalue weighted by Crippen LogP contribution is -2.50. The number of nitrogens with zero attached hydrogens (tertiary/aromatic N) is 2. The van der Waals surface area contributed by atoms with E-state index in [0.717, 1.165) is 36.7 Å². The van der Waals surface area contributed by atoms with E-state index in [-0.39, 0.29) is 19.4 Å². The smallest absolute Gasteiger partial charge is 0.395 e. The largest absolute Gasteiger partial charge is 0.477 e. The highest BCUT2D eigenvalue weighted by Crippen LogP contribution is 2.49. The van der Waals surface area contributed by atoms with Gasteiger partial charge in [-0.25, -0.2) is 4.98 Å². The number of benzene rings is 1. The van der Waals surface area contributed by atoms with Gasteiger partial charge >= 0.3 is 6.18 Å². The lowest BCUT2D eigenvalue weighted by molar-refractivity contribution is -0.240. The molecule has 4 rings (SSSR count). The van der Waals surface area contributed by atoms with Crippen LogP contribution in [0, 0.1) is 11.3 Å². The van der Waals surface area contributed by atoms with Gasteiger partial charge in [0, 0.05) is 29.9 Å². The number of hydrogen-bond donors (Lipinski definition) is 0. The maximum absolute atomic E-state index is 13.8. The van der Waals surface area contributed by atoms with Crippen LogP contribution in [0.1, 0.15) is 55.3 Å². The third kappa shape index (κ3) is 5.75. The minimum Gasteiger partial charge on any atom is -0.477 e. The summed E-state index contributed by atoms with van der Waals surface area (Å²) in [6, 6.07) is 11.1. The molecule has 1 aromatic carbocycles. The summed E-state index contributed by atoms with van der Waals surface area (Å²) in [5.41, 5.74) is 1.02. The van der Waals surface area contributed by atoms with Gasteiger partial charge in [0.05, 0.1) is 12.0 Å². The highest BCUT2D eigenvalue weighted by molar-refractivity contribution is 5.76. The van der Waals surface area contributed by atoms with Crippen LogP contribution in [0.5, 0.6) is 5.88 Å². The number of likely N-dealkylation sites (tertiary alicyclic amines) is 1. The lowest BCUT2D eigenvalue weighted by atomic mass is 9.72. The molecule has 2 heterocycles. The first-order chi connectivity index (χ1) is 15.9. The SMILES string of the molecule is O=Cc1ccc(-c2ccc(OCC3CCN(CC4(C(F)(F)F)CCCCC4)CC3)nc2)cc1. The number of halogens is 3. The van der Waals surface area contributed by atoms with Gasteiger partial charge in [-0.2, -0.15) is 13.2 Å². The van der Waals surface area contributed by atoms with Gasteiger partial charge in [0.2, 0.25) is 5.88 Å². The topological polar surface area (TPSA) is 42.4 Å². The lowest BCUT2D eigenvalue weighted by Gasteiger charge is -2.44. The van der Waals surface area contributed by atoms with Crippen LogP contribution in [-0.2, 0) is 0 Å². The van der Waals surface area contributed by atoms with E-state index in [0.29, 0.717) is 49.9 Å². The Morgan fingerprint density at radius 3 is 2.24 bits per heavy atom. The molecule has 0 bridgehead atoms. The average Bonchev–Trinajstić information content (AvgIpc) is 2.84. The Hall–Kier alpha value is -2.41. The van der Waals surface area contributed by atoms with Crippen LogP contribution in [-0.4, -0.2) is 48.6 Å². The van der Waals surface area contributed by atoms with E-state index in [1.54, 1.807) is 18.3 Å². The first kappa shape index (κ1) is 23.7. The molecule has 0 amide bonds. The van der Waals surface area contributed by atoms with E-state index in [1.807, 2.05) is 29.2 Å². The van der Waals surface area contributed by atoms with Crippen LogP contribution >= 0.6 is 0 Å². The summed E-state index contributed by atoms with van der Waals surface area (Å²) in [7, 11) is 0. The molecule has 1 saturated heterocycles. The van der Waals surface area contributed by atoms with Crippen LogP contribution in [0.4, 0.5) is 13.2 Å². The summed E-state index contributed by atoms with van der Waals surface area (Å²) < 4.78 is 47.4. The summed E-state index contributed by atoms with van der Waals surface area (Å²) in [6.07, 6.45) is 2.93. The molecule has 1 aromatic heterocycles. The molecular formula is C26H31F3N2O2. The van der Waals surface area contributed by atoms with Gasteiger partial charge in [0.15, 0.2) is 0 Å². The van der Waals surface area contributed by atoms with Crippen LogP contribution in [0.3, 0.4) is 0 Å². The van der Waals surface area contributed by atoms with Crippen molar-refractivity contribution in [3.63, 3.8) is 0 Å². The van der Waals surface area contributed by atoms with Crippen LogP contribution in [0.25, 0.3) is 11.1 Å². The molecule has 2 fully saturated rings. The highest BCUT2D eigenvalue weighted by Gasteiger charge is 2.55. The van der Waals surface area contributed by atoms with Crippen molar-refractivity contribution in [3.05, 3.63) is 48.2 Å². The molecule has 0 atom stereocenters. The van der Waals surface area contributed by atoms with Gasteiger partial charge in [-0.1, -0.05) is 43.5 Å². The quantitative estimate of drug-likeness (QED) is 0.464. The number of rotatable bonds is 7. The van der Waals surface area contributed by atoms with Crippen molar-refractivity contribution >= 4 is 6.29 Å². The Kier molecular flexibility index (Phi) is 7.37. The van der Waals surface area contributed by atoms with Gasteiger partial charge in [-0.3, -0.25) is 4.79 Å². The monoisotopic (exact) mass is 460 g/mol. The maximum Gasteiger partial charge on any atom is 0.395 e. The summed E-state index contributed by atoms with van der Waals surface area (Å²) in [5.74, 6) is 0.871. The Morgan fingerprint density at radius 1 is 1.00 bits per heavy atom. The number of hydrogen-bond acceptors (Lipinski definition) is 4. The van der Waals surface area contributed by atoms with Crippen LogP contribution in [0.15, 0.2) is 42.6 Å². The summed E-state index contributed by atoms with van der Waals surface area (Å²) in [5, 5.41) is 0. The Balaban J connectivity index is 1.25. The number of piperidine rings is 1. The molecule has 178 valence electrons. The van der Waals surface area contributed by atoms with Crippen molar-refractivity contribution < 1.29 is 22.7 Å². The van der Waals surface area contributed by atoms with Gasteiger partial charge in [0.25, 0.3) is 0 Å². The van der Waals surface area contributed by atoms with Gasteiger partial charge < -0.3 is 9.64 Å². The molecule has 1 aliphatic carbocycles. The number of carbonyl (C=O) groups is 1. The summed E-state index contributed by atoms with van der Waals surface area (Å²) >= 11 is 0. The van der Waals surface area contributed by atoms with Crippen molar-refractivity contribution in [2.45, 2.75) is 51.1 Å². The first-order valence-electron chi connectivity index (χ1n) is 11.8. The van der Waals surface area contributed by atoms with Crippen molar-refractivity contribution in [3.8, 4) is 17.0 Å². The predicted molar refractivity (Wildman–Crippen MR) is 121 cm³/mol. The standard InChI is InChI=1S/C26H31F3N2O2/c27-26(28,29)25(12-2-1-3-13-25)19-31-14-10-21(11-15-31)18-33-24-9-8-23(16-30-24)22-6-4-20(17-32)5-7-22/h4-9,16-17,21H,1-3,10-15,18-19H2. The van der Waals surface area contributed by atoms with Gasteiger partial charge in [-0.05, 0) is 56.3 Å². The number of carbonyl (C=O) groups excluding carboxylic acids is 1. The van der Waals surface area contributed by atoms with E-state index in [4.69, 9.17) is 4.74 Å². The molecule has 33 heavy (non-hydrogen) atoms. The van der Waals surface area contributed by atoms with E-state index in [9.17, 15) is 18.0 Å². The fourth-order valence-electron chi connectivity index (χ4n) is 5.09. The van der Waals surface area contributed by atoms with Crippen molar-refractivity contribution in [2.24, 2.45) is 11.3 Å². The average molecular weight is 461 g/mol. The van der Waals surface area contributed by atoms with Gasteiger partial charge in [0.1, 0.15) is 6.29 Å². The molecule has 1 aliphatic heterocycles. The second-order valence-electron chi connectivity index (χ2n) is 9.49. The van der Waals surface area contributed by atoms with E-state index >= 15 is 0 Å². The first-order valence-corrected chi connectivity index (χ1v) is 11.8. The number of aromatic nitrogens is 1.